The Kier molecular flexibility index (Phi) is 5.93. The Morgan fingerprint density at radius 1 is 1.00 bits per heavy atom. The number of ether oxygens (including phenoxy) is 2. The zero-order valence-electron chi connectivity index (χ0n) is 19.8. The number of Topliss-reactive ketones (excluding diaryl/α,β-unsaturated/α-hetero) is 1. The number of hydrogen-bond acceptors (Lipinski definition) is 6. The van der Waals surface area contributed by atoms with Gasteiger partial charge in [0.15, 0.2) is 11.5 Å². The molecule has 2 heterocycles. The van der Waals surface area contributed by atoms with Crippen LogP contribution in [0.25, 0.3) is 5.76 Å². The van der Waals surface area contributed by atoms with E-state index in [1.165, 1.54) is 11.8 Å². The van der Waals surface area contributed by atoms with E-state index in [0.29, 0.717) is 34.0 Å². The van der Waals surface area contributed by atoms with Crippen LogP contribution in [0.5, 0.6) is 11.5 Å². The molecular formula is C28H24N2O6. The monoisotopic (exact) mass is 484 g/mol. The molecule has 2 N–H and O–H groups in total. The van der Waals surface area contributed by atoms with Crippen LogP contribution in [0.1, 0.15) is 36.6 Å². The molecule has 0 spiro atoms. The summed E-state index contributed by atoms with van der Waals surface area (Å²) in [5, 5.41) is 14.0. The molecule has 8 heteroatoms. The van der Waals surface area contributed by atoms with E-state index in [9.17, 15) is 19.5 Å². The van der Waals surface area contributed by atoms with Crippen molar-refractivity contribution >= 4 is 34.7 Å². The number of nitrogens with zero attached hydrogens (tertiary/aromatic N) is 1. The van der Waals surface area contributed by atoms with E-state index >= 15 is 0 Å². The SMILES string of the molecule is CCc1ccc(C2/C(=C(/O)c3ccc4c(c3)OCO4)C(=O)C(=O)N2c2ccc(NC(C)=O)cc2)cc1. The van der Waals surface area contributed by atoms with Gasteiger partial charge in [-0.05, 0) is 60.0 Å². The number of nitrogens with one attached hydrogen (secondary N) is 1. The molecule has 182 valence electrons. The molecule has 3 aromatic carbocycles. The predicted molar refractivity (Wildman–Crippen MR) is 134 cm³/mol. The lowest BCUT2D eigenvalue weighted by atomic mass is 9.94. The van der Waals surface area contributed by atoms with Gasteiger partial charge in [-0.25, -0.2) is 0 Å². The molecule has 0 aromatic heterocycles. The van der Waals surface area contributed by atoms with Gasteiger partial charge in [-0.2, -0.15) is 0 Å². The maximum atomic E-state index is 13.3. The van der Waals surface area contributed by atoms with E-state index in [1.807, 2.05) is 31.2 Å². The summed E-state index contributed by atoms with van der Waals surface area (Å²) in [5.41, 5.74) is 3.13. The number of anilines is 2. The van der Waals surface area contributed by atoms with Crippen molar-refractivity contribution in [3.8, 4) is 11.5 Å². The lowest BCUT2D eigenvalue weighted by Crippen LogP contribution is -2.29. The second-order valence-electron chi connectivity index (χ2n) is 8.56. The molecule has 3 aromatic rings. The Balaban J connectivity index is 1.64. The molecule has 1 saturated heterocycles. The van der Waals surface area contributed by atoms with Crippen LogP contribution in [-0.2, 0) is 20.8 Å². The fraction of sp³-hybridized carbons (Fsp3) is 0.179. The van der Waals surface area contributed by atoms with Crippen molar-refractivity contribution in [3.05, 3.63) is 89.0 Å². The number of aliphatic hydroxyl groups excluding tert-OH is 1. The van der Waals surface area contributed by atoms with Crippen molar-refractivity contribution in [2.24, 2.45) is 0 Å². The van der Waals surface area contributed by atoms with Crippen LogP contribution >= 0.6 is 0 Å². The molecule has 2 amide bonds. The number of hydrogen-bond donors (Lipinski definition) is 2. The number of ketones is 1. The van der Waals surface area contributed by atoms with Crippen LogP contribution in [0.15, 0.2) is 72.3 Å². The Morgan fingerprint density at radius 2 is 1.69 bits per heavy atom. The zero-order valence-corrected chi connectivity index (χ0v) is 19.8. The first-order chi connectivity index (χ1) is 17.4. The third kappa shape index (κ3) is 4.07. The zero-order chi connectivity index (χ0) is 25.4. The number of aryl methyl sites for hydroxylation is 1. The largest absolute Gasteiger partial charge is 0.507 e. The maximum absolute atomic E-state index is 13.3. The van der Waals surface area contributed by atoms with Gasteiger partial charge in [0.05, 0.1) is 11.6 Å². The first-order valence-electron chi connectivity index (χ1n) is 11.5. The molecular weight excluding hydrogens is 460 g/mol. The maximum Gasteiger partial charge on any atom is 0.300 e. The van der Waals surface area contributed by atoms with Gasteiger partial charge in [0.2, 0.25) is 12.7 Å². The fourth-order valence-electron chi connectivity index (χ4n) is 4.46. The molecule has 0 bridgehead atoms. The number of amides is 2. The molecule has 1 atom stereocenters. The van der Waals surface area contributed by atoms with Crippen molar-refractivity contribution in [2.45, 2.75) is 26.3 Å². The third-order valence-electron chi connectivity index (χ3n) is 6.26. The number of rotatable bonds is 5. The van der Waals surface area contributed by atoms with Crippen molar-refractivity contribution in [1.29, 1.82) is 0 Å². The molecule has 1 unspecified atom stereocenters. The Hall–Kier alpha value is -4.59. The molecule has 0 aliphatic carbocycles. The highest BCUT2D eigenvalue weighted by Crippen LogP contribution is 2.43. The molecule has 2 aliphatic heterocycles. The normalized spacial score (nSPS) is 17.9. The van der Waals surface area contributed by atoms with E-state index in [0.717, 1.165) is 12.0 Å². The number of carbonyl (C=O) groups excluding carboxylic acids is 3. The molecule has 36 heavy (non-hydrogen) atoms. The lowest BCUT2D eigenvalue weighted by Gasteiger charge is -2.26. The summed E-state index contributed by atoms with van der Waals surface area (Å²) in [6.45, 7) is 3.52. The van der Waals surface area contributed by atoms with Gasteiger partial charge >= 0.3 is 0 Å². The minimum Gasteiger partial charge on any atom is -0.507 e. The third-order valence-corrected chi connectivity index (χ3v) is 6.26. The standard InChI is InChI=1S/C28H24N2O6/c1-3-17-4-6-18(7-5-17)25-24(26(32)19-8-13-22-23(14-19)36-15-35-22)27(33)28(34)30(25)21-11-9-20(10-12-21)29-16(2)31/h4-14,25,32H,3,15H2,1-2H3,(H,29,31)/b26-24-. The average molecular weight is 485 g/mol. The molecule has 0 saturated carbocycles. The fourth-order valence-corrected chi connectivity index (χ4v) is 4.46. The molecule has 2 aliphatic rings. The Morgan fingerprint density at radius 3 is 2.36 bits per heavy atom. The summed E-state index contributed by atoms with van der Waals surface area (Å²) in [6.07, 6.45) is 0.836. The first-order valence-corrected chi connectivity index (χ1v) is 11.5. The minimum atomic E-state index is -0.854. The highest BCUT2D eigenvalue weighted by atomic mass is 16.7. The topological polar surface area (TPSA) is 105 Å². The summed E-state index contributed by atoms with van der Waals surface area (Å²) >= 11 is 0. The van der Waals surface area contributed by atoms with Crippen molar-refractivity contribution < 1.29 is 29.0 Å². The van der Waals surface area contributed by atoms with E-state index in [1.54, 1.807) is 42.5 Å². The van der Waals surface area contributed by atoms with Gasteiger partial charge in [0, 0.05) is 23.9 Å². The lowest BCUT2D eigenvalue weighted by molar-refractivity contribution is -0.132. The van der Waals surface area contributed by atoms with Crippen LogP contribution in [0.4, 0.5) is 11.4 Å². The predicted octanol–water partition coefficient (Wildman–Crippen LogP) is 4.56. The van der Waals surface area contributed by atoms with E-state index in [-0.39, 0.29) is 24.0 Å². The molecule has 0 radical (unpaired) electrons. The summed E-state index contributed by atoms with van der Waals surface area (Å²) in [4.78, 5) is 39.4. The van der Waals surface area contributed by atoms with Crippen LogP contribution in [0, 0.1) is 0 Å². The van der Waals surface area contributed by atoms with Crippen LogP contribution in [0.2, 0.25) is 0 Å². The van der Waals surface area contributed by atoms with Crippen LogP contribution < -0.4 is 19.7 Å². The average Bonchev–Trinajstić information content (AvgIpc) is 3.46. The number of fused-ring (bicyclic) bond motifs is 1. The number of carbonyl (C=O) groups is 3. The smallest absolute Gasteiger partial charge is 0.300 e. The summed E-state index contributed by atoms with van der Waals surface area (Å²) in [6, 6.07) is 18.2. The second kappa shape index (κ2) is 9.22. The van der Waals surface area contributed by atoms with Crippen LogP contribution in [0.3, 0.4) is 0 Å². The van der Waals surface area contributed by atoms with Gasteiger partial charge in [-0.15, -0.1) is 0 Å². The van der Waals surface area contributed by atoms with Gasteiger partial charge in [-0.3, -0.25) is 19.3 Å². The Bertz CT molecular complexity index is 1390. The van der Waals surface area contributed by atoms with Gasteiger partial charge in [-0.1, -0.05) is 31.2 Å². The molecule has 1 fully saturated rings. The molecule has 8 nitrogen and oxygen atoms in total. The first kappa shape index (κ1) is 23.2. The van der Waals surface area contributed by atoms with Gasteiger partial charge in [0.1, 0.15) is 5.76 Å². The van der Waals surface area contributed by atoms with E-state index in [4.69, 9.17) is 9.47 Å². The Labute approximate surface area is 207 Å². The van der Waals surface area contributed by atoms with E-state index < -0.39 is 17.7 Å². The summed E-state index contributed by atoms with van der Waals surface area (Å²) in [7, 11) is 0. The van der Waals surface area contributed by atoms with Crippen molar-refractivity contribution in [3.63, 3.8) is 0 Å². The number of benzene rings is 3. The summed E-state index contributed by atoms with van der Waals surface area (Å²) in [5.74, 6) is -1.07. The van der Waals surface area contributed by atoms with Crippen LogP contribution in [-0.4, -0.2) is 29.5 Å². The molecule has 5 rings (SSSR count). The highest BCUT2D eigenvalue weighted by molar-refractivity contribution is 6.51. The highest BCUT2D eigenvalue weighted by Gasteiger charge is 2.47. The number of aliphatic hydroxyl groups is 1. The second-order valence-corrected chi connectivity index (χ2v) is 8.56. The van der Waals surface area contributed by atoms with E-state index in [2.05, 4.69) is 5.32 Å². The quantitative estimate of drug-likeness (QED) is 0.312. The van der Waals surface area contributed by atoms with Crippen molar-refractivity contribution in [1.82, 2.24) is 0 Å². The summed E-state index contributed by atoms with van der Waals surface area (Å²) < 4.78 is 10.8. The van der Waals surface area contributed by atoms with Gasteiger partial charge in [0.25, 0.3) is 11.7 Å². The minimum absolute atomic E-state index is 0.0194. The van der Waals surface area contributed by atoms with Gasteiger partial charge < -0.3 is 19.9 Å². The van der Waals surface area contributed by atoms with Crippen molar-refractivity contribution in [2.75, 3.05) is 17.0 Å².